The van der Waals surface area contributed by atoms with Crippen molar-refractivity contribution in [3.8, 4) is 5.75 Å². The summed E-state index contributed by atoms with van der Waals surface area (Å²) in [5.74, 6) is 0.635. The average Bonchev–Trinajstić information content (AvgIpc) is 2.28. The van der Waals surface area contributed by atoms with Crippen LogP contribution >= 0.6 is 0 Å². The Morgan fingerprint density at radius 1 is 1.29 bits per heavy atom. The highest BCUT2D eigenvalue weighted by atomic mass is 16.3. The fraction of sp³-hybridized carbons (Fsp3) is 0.533. The van der Waals surface area contributed by atoms with E-state index in [9.17, 15) is 9.90 Å². The van der Waals surface area contributed by atoms with Crippen LogP contribution in [0.5, 0.6) is 5.75 Å². The number of benzene rings is 1. The smallest absolute Gasteiger partial charge is 0.130 e. The Balaban J connectivity index is 2.85. The third-order valence-corrected chi connectivity index (χ3v) is 3.00. The Morgan fingerprint density at radius 3 is 2.59 bits per heavy atom. The second kappa shape index (κ2) is 6.43. The van der Waals surface area contributed by atoms with E-state index in [2.05, 4.69) is 6.92 Å². The van der Waals surface area contributed by atoms with E-state index in [1.807, 2.05) is 19.1 Å². The lowest BCUT2D eigenvalue weighted by molar-refractivity contribution is -0.116. The van der Waals surface area contributed by atoms with Crippen molar-refractivity contribution in [2.75, 3.05) is 0 Å². The third kappa shape index (κ3) is 4.22. The quantitative estimate of drug-likeness (QED) is 0.817. The predicted molar refractivity (Wildman–Crippen MR) is 70.5 cm³/mol. The van der Waals surface area contributed by atoms with E-state index in [0.717, 1.165) is 42.4 Å². The molecular weight excluding hydrogens is 212 g/mol. The summed E-state index contributed by atoms with van der Waals surface area (Å²) in [6, 6.07) is 4.02. The van der Waals surface area contributed by atoms with Crippen molar-refractivity contribution in [1.29, 1.82) is 0 Å². The molecule has 0 atom stereocenters. The van der Waals surface area contributed by atoms with Gasteiger partial charge in [-0.2, -0.15) is 0 Å². The van der Waals surface area contributed by atoms with Gasteiger partial charge in [0.2, 0.25) is 0 Å². The molecule has 0 fully saturated rings. The van der Waals surface area contributed by atoms with Gasteiger partial charge in [-0.1, -0.05) is 25.5 Å². The van der Waals surface area contributed by atoms with Crippen molar-refractivity contribution in [2.45, 2.75) is 52.9 Å². The topological polar surface area (TPSA) is 37.3 Å². The Kier molecular flexibility index (Phi) is 5.20. The normalized spacial score (nSPS) is 10.5. The molecule has 2 nitrogen and oxygen atoms in total. The minimum atomic E-state index is 0.214. The van der Waals surface area contributed by atoms with Crippen LogP contribution in [0, 0.1) is 6.92 Å². The standard InChI is InChI=1S/C15H22O2/c1-4-5-6-14-10-13(8-7-12(3)16)9-11(2)15(14)17/h9-10,17H,4-8H2,1-3H3. The van der Waals surface area contributed by atoms with Gasteiger partial charge in [-0.15, -0.1) is 0 Å². The van der Waals surface area contributed by atoms with Gasteiger partial charge in [-0.3, -0.25) is 0 Å². The predicted octanol–water partition coefficient (Wildman–Crippen LogP) is 3.56. The average molecular weight is 234 g/mol. The molecule has 1 aromatic rings. The molecule has 94 valence electrons. The SMILES string of the molecule is CCCCc1cc(CCC(C)=O)cc(C)c1O. The van der Waals surface area contributed by atoms with E-state index in [1.165, 1.54) is 0 Å². The molecule has 0 spiro atoms. The molecule has 0 aromatic heterocycles. The lowest BCUT2D eigenvalue weighted by Crippen LogP contribution is -1.97. The van der Waals surface area contributed by atoms with Gasteiger partial charge in [-0.05, 0) is 49.8 Å². The molecule has 0 aliphatic rings. The van der Waals surface area contributed by atoms with E-state index in [4.69, 9.17) is 0 Å². The van der Waals surface area contributed by atoms with E-state index in [0.29, 0.717) is 12.2 Å². The molecule has 17 heavy (non-hydrogen) atoms. The molecule has 0 heterocycles. The lowest BCUT2D eigenvalue weighted by atomic mass is 9.98. The zero-order valence-electron chi connectivity index (χ0n) is 11.0. The summed E-state index contributed by atoms with van der Waals surface area (Å²) < 4.78 is 0. The number of phenolic OH excluding ortho intramolecular Hbond substituents is 1. The highest BCUT2D eigenvalue weighted by molar-refractivity contribution is 5.75. The van der Waals surface area contributed by atoms with Gasteiger partial charge in [0.1, 0.15) is 11.5 Å². The first-order valence-electron chi connectivity index (χ1n) is 6.35. The second-order valence-electron chi connectivity index (χ2n) is 4.73. The number of hydrogen-bond acceptors (Lipinski definition) is 2. The fourth-order valence-corrected chi connectivity index (χ4v) is 1.96. The van der Waals surface area contributed by atoms with Crippen LogP contribution in [-0.2, 0) is 17.6 Å². The monoisotopic (exact) mass is 234 g/mol. The molecule has 0 saturated carbocycles. The number of hydrogen-bond donors (Lipinski definition) is 1. The molecule has 1 rings (SSSR count). The zero-order valence-corrected chi connectivity index (χ0v) is 11.0. The minimum Gasteiger partial charge on any atom is -0.507 e. The number of aromatic hydroxyl groups is 1. The van der Waals surface area contributed by atoms with E-state index in [-0.39, 0.29) is 5.78 Å². The number of ketones is 1. The Labute approximate surface area is 104 Å². The first-order chi connectivity index (χ1) is 8.04. The molecule has 0 radical (unpaired) electrons. The molecule has 1 aromatic carbocycles. The van der Waals surface area contributed by atoms with Crippen molar-refractivity contribution < 1.29 is 9.90 Å². The van der Waals surface area contributed by atoms with E-state index in [1.54, 1.807) is 6.92 Å². The molecule has 0 bridgehead atoms. The maximum Gasteiger partial charge on any atom is 0.130 e. The molecular formula is C15H22O2. The Hall–Kier alpha value is -1.31. The van der Waals surface area contributed by atoms with Gasteiger partial charge in [-0.25, -0.2) is 0 Å². The highest BCUT2D eigenvalue weighted by Crippen LogP contribution is 2.26. The summed E-state index contributed by atoms with van der Waals surface area (Å²) in [5, 5.41) is 9.96. The van der Waals surface area contributed by atoms with Crippen molar-refractivity contribution in [3.63, 3.8) is 0 Å². The van der Waals surface area contributed by atoms with E-state index >= 15 is 0 Å². The number of unbranched alkanes of at least 4 members (excludes halogenated alkanes) is 1. The van der Waals surface area contributed by atoms with Crippen LogP contribution in [0.3, 0.4) is 0 Å². The van der Waals surface area contributed by atoms with Gasteiger partial charge < -0.3 is 9.90 Å². The first-order valence-corrected chi connectivity index (χ1v) is 6.35. The van der Waals surface area contributed by atoms with Crippen LogP contribution in [0.15, 0.2) is 12.1 Å². The maximum absolute atomic E-state index is 11.0. The van der Waals surface area contributed by atoms with Crippen LogP contribution in [0.1, 0.15) is 49.8 Å². The second-order valence-corrected chi connectivity index (χ2v) is 4.73. The number of Topliss-reactive ketones (excluding diaryl/α,β-unsaturated/α-hetero) is 1. The van der Waals surface area contributed by atoms with Crippen LogP contribution < -0.4 is 0 Å². The van der Waals surface area contributed by atoms with Crippen molar-refractivity contribution in [1.82, 2.24) is 0 Å². The van der Waals surface area contributed by atoms with Gasteiger partial charge in [0.15, 0.2) is 0 Å². The van der Waals surface area contributed by atoms with Crippen LogP contribution in [0.2, 0.25) is 0 Å². The number of phenols is 1. The van der Waals surface area contributed by atoms with Crippen LogP contribution in [-0.4, -0.2) is 10.9 Å². The first kappa shape index (κ1) is 13.8. The highest BCUT2D eigenvalue weighted by Gasteiger charge is 2.07. The van der Waals surface area contributed by atoms with Gasteiger partial charge >= 0.3 is 0 Å². The molecule has 0 unspecified atom stereocenters. The zero-order chi connectivity index (χ0) is 12.8. The Bertz CT molecular complexity index is 394. The molecule has 2 heteroatoms. The molecule has 0 aliphatic heterocycles. The largest absolute Gasteiger partial charge is 0.507 e. The van der Waals surface area contributed by atoms with E-state index < -0.39 is 0 Å². The number of rotatable bonds is 6. The fourth-order valence-electron chi connectivity index (χ4n) is 1.96. The third-order valence-electron chi connectivity index (χ3n) is 3.00. The summed E-state index contributed by atoms with van der Waals surface area (Å²) in [5.41, 5.74) is 3.09. The lowest BCUT2D eigenvalue weighted by Gasteiger charge is -2.10. The molecule has 0 aliphatic carbocycles. The number of carbonyl (C=O) groups is 1. The van der Waals surface area contributed by atoms with Gasteiger partial charge in [0, 0.05) is 6.42 Å². The van der Waals surface area contributed by atoms with Crippen molar-refractivity contribution in [3.05, 3.63) is 28.8 Å². The number of carbonyl (C=O) groups excluding carboxylic acids is 1. The van der Waals surface area contributed by atoms with Crippen LogP contribution in [0.4, 0.5) is 0 Å². The molecule has 1 N–H and O–H groups in total. The summed E-state index contributed by atoms with van der Waals surface area (Å²) in [6.07, 6.45) is 4.48. The minimum absolute atomic E-state index is 0.214. The van der Waals surface area contributed by atoms with Crippen molar-refractivity contribution in [2.24, 2.45) is 0 Å². The summed E-state index contributed by atoms with van der Waals surface area (Å²) in [6.45, 7) is 5.68. The van der Waals surface area contributed by atoms with Crippen molar-refractivity contribution >= 4 is 5.78 Å². The maximum atomic E-state index is 11.0. The number of aryl methyl sites for hydroxylation is 3. The van der Waals surface area contributed by atoms with Crippen LogP contribution in [0.25, 0.3) is 0 Å². The van der Waals surface area contributed by atoms with Gasteiger partial charge in [0.05, 0.1) is 0 Å². The summed E-state index contributed by atoms with van der Waals surface area (Å²) >= 11 is 0. The van der Waals surface area contributed by atoms with Gasteiger partial charge in [0.25, 0.3) is 0 Å². The molecule has 0 amide bonds. The molecule has 0 saturated heterocycles. The Morgan fingerprint density at radius 2 is 2.00 bits per heavy atom. The summed E-state index contributed by atoms with van der Waals surface area (Å²) in [4.78, 5) is 11.0. The summed E-state index contributed by atoms with van der Waals surface area (Å²) in [7, 11) is 0.